The predicted molar refractivity (Wildman–Crippen MR) is 73.5 cm³/mol. The van der Waals surface area contributed by atoms with E-state index in [1.165, 1.54) is 19.3 Å². The van der Waals surface area contributed by atoms with Crippen molar-refractivity contribution in [2.75, 3.05) is 20.2 Å². The largest absolute Gasteiger partial charge is 0.379 e. The quantitative estimate of drug-likeness (QED) is 0.818. The second-order valence-corrected chi connectivity index (χ2v) is 6.76. The van der Waals surface area contributed by atoms with Crippen molar-refractivity contribution in [1.29, 1.82) is 0 Å². The van der Waals surface area contributed by atoms with Gasteiger partial charge < -0.3 is 15.4 Å². The van der Waals surface area contributed by atoms with Crippen molar-refractivity contribution >= 4 is 5.91 Å². The Balaban J connectivity index is 1.67. The molecule has 1 aliphatic heterocycles. The Labute approximate surface area is 115 Å². The molecule has 3 fully saturated rings. The van der Waals surface area contributed by atoms with Gasteiger partial charge in [-0.05, 0) is 43.4 Å². The topological polar surface area (TPSA) is 55.6 Å². The summed E-state index contributed by atoms with van der Waals surface area (Å²) in [5.74, 6) is 2.08. The fourth-order valence-electron chi connectivity index (χ4n) is 4.45. The minimum atomic E-state index is 0.0877. The number of likely N-dealkylation sites (tertiary alicyclic amines) is 1. The number of carbonyl (C=O) groups is 1. The van der Waals surface area contributed by atoms with Gasteiger partial charge in [0.25, 0.3) is 0 Å². The molecule has 3 rings (SSSR count). The van der Waals surface area contributed by atoms with Crippen LogP contribution in [-0.2, 0) is 9.53 Å². The number of nitrogens with two attached hydrogens (primary N) is 1. The molecule has 19 heavy (non-hydrogen) atoms. The highest BCUT2D eigenvalue weighted by Crippen LogP contribution is 2.48. The maximum Gasteiger partial charge on any atom is 0.227 e. The number of amides is 1. The summed E-state index contributed by atoms with van der Waals surface area (Å²) in [6.45, 7) is 3.83. The number of piperidine rings is 1. The van der Waals surface area contributed by atoms with Gasteiger partial charge in [0, 0.05) is 26.2 Å². The van der Waals surface area contributed by atoms with Crippen molar-refractivity contribution in [2.24, 2.45) is 29.4 Å². The maximum absolute atomic E-state index is 12.8. The highest BCUT2D eigenvalue weighted by molar-refractivity contribution is 5.80. The summed E-state index contributed by atoms with van der Waals surface area (Å²) in [4.78, 5) is 14.8. The van der Waals surface area contributed by atoms with Crippen LogP contribution in [0.15, 0.2) is 0 Å². The lowest BCUT2D eigenvalue weighted by molar-refractivity contribution is -0.142. The summed E-state index contributed by atoms with van der Waals surface area (Å²) in [6, 6.07) is 0.103. The smallest absolute Gasteiger partial charge is 0.227 e. The molecule has 0 aromatic rings. The first-order valence-electron chi connectivity index (χ1n) is 7.69. The summed E-state index contributed by atoms with van der Waals surface area (Å²) in [5, 5.41) is 0. The van der Waals surface area contributed by atoms with Gasteiger partial charge in [-0.15, -0.1) is 0 Å². The molecular formula is C15H26N2O2. The van der Waals surface area contributed by atoms with E-state index in [1.807, 2.05) is 4.90 Å². The maximum atomic E-state index is 12.8. The summed E-state index contributed by atoms with van der Waals surface area (Å²) in [6.07, 6.45) is 4.84. The van der Waals surface area contributed by atoms with Crippen molar-refractivity contribution in [3.8, 4) is 0 Å². The summed E-state index contributed by atoms with van der Waals surface area (Å²) >= 11 is 0. The third kappa shape index (κ3) is 2.19. The first-order valence-corrected chi connectivity index (χ1v) is 7.69. The zero-order valence-corrected chi connectivity index (χ0v) is 12.0. The molecule has 6 atom stereocenters. The first-order chi connectivity index (χ1) is 9.11. The van der Waals surface area contributed by atoms with Gasteiger partial charge in [-0.2, -0.15) is 0 Å². The zero-order valence-electron chi connectivity index (χ0n) is 12.0. The van der Waals surface area contributed by atoms with Gasteiger partial charge in [0.15, 0.2) is 0 Å². The second kappa shape index (κ2) is 5.06. The van der Waals surface area contributed by atoms with Gasteiger partial charge in [-0.25, -0.2) is 0 Å². The van der Waals surface area contributed by atoms with E-state index < -0.39 is 0 Å². The summed E-state index contributed by atoms with van der Waals surface area (Å²) < 4.78 is 5.51. The van der Waals surface area contributed by atoms with Crippen LogP contribution in [0, 0.1) is 23.7 Å². The SMILES string of the molecule is COC1CN(C(=O)C2C3CCC(C3)C2N)CCC1C. The van der Waals surface area contributed by atoms with E-state index >= 15 is 0 Å². The van der Waals surface area contributed by atoms with Crippen molar-refractivity contribution in [2.45, 2.75) is 44.8 Å². The highest BCUT2D eigenvalue weighted by atomic mass is 16.5. The van der Waals surface area contributed by atoms with Crippen molar-refractivity contribution in [3.05, 3.63) is 0 Å². The van der Waals surface area contributed by atoms with Crippen LogP contribution >= 0.6 is 0 Å². The Kier molecular flexibility index (Phi) is 3.56. The van der Waals surface area contributed by atoms with Crippen LogP contribution in [0.2, 0.25) is 0 Å². The molecule has 1 heterocycles. The molecule has 0 aromatic heterocycles. The van der Waals surface area contributed by atoms with E-state index in [9.17, 15) is 4.79 Å². The summed E-state index contributed by atoms with van der Waals surface area (Å²) in [5.41, 5.74) is 6.29. The van der Waals surface area contributed by atoms with Crippen LogP contribution in [0.25, 0.3) is 0 Å². The molecule has 2 saturated carbocycles. The Bertz CT molecular complexity index is 358. The van der Waals surface area contributed by atoms with Crippen molar-refractivity contribution in [3.63, 3.8) is 0 Å². The standard InChI is InChI=1S/C15H26N2O2/c1-9-5-6-17(8-12(9)19-2)15(18)13-10-3-4-11(7-10)14(13)16/h9-14H,3-8,16H2,1-2H3. The lowest BCUT2D eigenvalue weighted by atomic mass is 9.83. The second-order valence-electron chi connectivity index (χ2n) is 6.76. The molecule has 0 spiro atoms. The number of fused-ring (bicyclic) bond motifs is 2. The molecule has 2 aliphatic carbocycles. The fourth-order valence-corrected chi connectivity index (χ4v) is 4.45. The van der Waals surface area contributed by atoms with Crippen LogP contribution in [-0.4, -0.2) is 43.2 Å². The Hall–Kier alpha value is -0.610. The zero-order chi connectivity index (χ0) is 13.6. The highest BCUT2D eigenvalue weighted by Gasteiger charge is 2.50. The number of nitrogens with zero attached hydrogens (tertiary/aromatic N) is 1. The van der Waals surface area contributed by atoms with E-state index in [2.05, 4.69) is 6.92 Å². The van der Waals surface area contributed by atoms with Crippen LogP contribution < -0.4 is 5.73 Å². The number of rotatable bonds is 2. The molecule has 1 amide bonds. The lowest BCUT2D eigenvalue weighted by Crippen LogP contribution is -2.52. The van der Waals surface area contributed by atoms with E-state index in [4.69, 9.17) is 10.5 Å². The molecule has 6 unspecified atom stereocenters. The molecule has 0 aromatic carbocycles. The average molecular weight is 266 g/mol. The van der Waals surface area contributed by atoms with Gasteiger partial charge in [0.05, 0.1) is 12.0 Å². The molecule has 2 bridgehead atoms. The van der Waals surface area contributed by atoms with Gasteiger partial charge in [0.1, 0.15) is 0 Å². The third-order valence-electron chi connectivity index (χ3n) is 5.77. The molecular weight excluding hydrogens is 240 g/mol. The van der Waals surface area contributed by atoms with E-state index in [0.717, 1.165) is 19.5 Å². The molecule has 2 N–H and O–H groups in total. The first kappa shape index (κ1) is 13.4. The lowest BCUT2D eigenvalue weighted by Gasteiger charge is -2.39. The molecule has 4 nitrogen and oxygen atoms in total. The number of hydrogen-bond donors (Lipinski definition) is 1. The molecule has 108 valence electrons. The van der Waals surface area contributed by atoms with Crippen LogP contribution in [0.4, 0.5) is 0 Å². The Morgan fingerprint density at radius 3 is 2.63 bits per heavy atom. The minimum absolute atomic E-state index is 0.0877. The molecule has 3 aliphatic rings. The fraction of sp³-hybridized carbons (Fsp3) is 0.933. The third-order valence-corrected chi connectivity index (χ3v) is 5.77. The predicted octanol–water partition coefficient (Wildman–Crippen LogP) is 1.24. The molecule has 4 heteroatoms. The number of carbonyl (C=O) groups excluding carboxylic acids is 1. The Morgan fingerprint density at radius 1 is 1.26 bits per heavy atom. The number of hydrogen-bond acceptors (Lipinski definition) is 3. The van der Waals surface area contributed by atoms with E-state index in [0.29, 0.717) is 23.7 Å². The number of ether oxygens (including phenoxy) is 1. The minimum Gasteiger partial charge on any atom is -0.379 e. The van der Waals surface area contributed by atoms with Crippen molar-refractivity contribution in [1.82, 2.24) is 4.90 Å². The van der Waals surface area contributed by atoms with Gasteiger partial charge in [0.2, 0.25) is 5.91 Å². The summed E-state index contributed by atoms with van der Waals surface area (Å²) in [7, 11) is 1.75. The van der Waals surface area contributed by atoms with Gasteiger partial charge in [-0.1, -0.05) is 6.92 Å². The monoisotopic (exact) mass is 266 g/mol. The average Bonchev–Trinajstić information content (AvgIpc) is 2.99. The van der Waals surface area contributed by atoms with E-state index in [1.54, 1.807) is 7.11 Å². The van der Waals surface area contributed by atoms with Gasteiger partial charge >= 0.3 is 0 Å². The molecule has 0 radical (unpaired) electrons. The van der Waals surface area contributed by atoms with Crippen molar-refractivity contribution < 1.29 is 9.53 Å². The van der Waals surface area contributed by atoms with E-state index in [-0.39, 0.29) is 18.1 Å². The number of methoxy groups -OCH3 is 1. The van der Waals surface area contributed by atoms with Gasteiger partial charge in [-0.3, -0.25) is 4.79 Å². The normalized spacial score (nSPS) is 45.7. The van der Waals surface area contributed by atoms with Crippen LogP contribution in [0.3, 0.4) is 0 Å². The molecule has 1 saturated heterocycles. The Morgan fingerprint density at radius 2 is 2.00 bits per heavy atom. The van der Waals surface area contributed by atoms with Crippen LogP contribution in [0.1, 0.15) is 32.6 Å². The van der Waals surface area contributed by atoms with Crippen LogP contribution in [0.5, 0.6) is 0 Å².